The minimum absolute atomic E-state index is 0.000708. The molecule has 6 nitrogen and oxygen atoms in total. The van der Waals surface area contributed by atoms with Crippen molar-refractivity contribution in [3.8, 4) is 0 Å². The van der Waals surface area contributed by atoms with Crippen LogP contribution in [-0.2, 0) is 23.3 Å². The average molecular weight is 530 g/mol. The van der Waals surface area contributed by atoms with Gasteiger partial charge in [-0.3, -0.25) is 14.7 Å². The molecule has 184 valence electrons. The van der Waals surface area contributed by atoms with E-state index in [0.717, 1.165) is 34.9 Å². The van der Waals surface area contributed by atoms with Crippen LogP contribution in [0.1, 0.15) is 57.4 Å². The Balaban J connectivity index is 1.49. The highest BCUT2D eigenvalue weighted by Crippen LogP contribution is 2.40. The van der Waals surface area contributed by atoms with Gasteiger partial charge >= 0.3 is 0 Å². The van der Waals surface area contributed by atoms with E-state index in [0.29, 0.717) is 6.54 Å². The van der Waals surface area contributed by atoms with Crippen molar-refractivity contribution in [2.75, 3.05) is 31.5 Å². The Bertz CT molecular complexity index is 1030. The SMILES string of the molecule is CC(C)(O)CN(Cc1ncccc1Br)C(=O)CNc1cccc2c1C(C)(C)CN(CC1CC1)C2. The fraction of sp³-hybridized carbons (Fsp3) is 0.556. The van der Waals surface area contributed by atoms with Crippen molar-refractivity contribution in [1.29, 1.82) is 0 Å². The number of pyridine rings is 1. The summed E-state index contributed by atoms with van der Waals surface area (Å²) in [5.74, 6) is 0.804. The molecule has 4 rings (SSSR count). The van der Waals surface area contributed by atoms with Gasteiger partial charge in [-0.1, -0.05) is 26.0 Å². The number of aliphatic hydroxyl groups is 1. The third-order valence-corrected chi connectivity index (χ3v) is 7.31. The number of nitrogens with zero attached hydrogens (tertiary/aromatic N) is 3. The van der Waals surface area contributed by atoms with Crippen LogP contribution in [0.15, 0.2) is 41.0 Å². The molecule has 1 aliphatic heterocycles. The summed E-state index contributed by atoms with van der Waals surface area (Å²) in [5, 5.41) is 13.9. The lowest BCUT2D eigenvalue weighted by molar-refractivity contribution is -0.133. The molecule has 2 aliphatic rings. The molecule has 0 bridgehead atoms. The van der Waals surface area contributed by atoms with Gasteiger partial charge in [-0.25, -0.2) is 0 Å². The van der Waals surface area contributed by atoms with Crippen LogP contribution in [0.2, 0.25) is 0 Å². The first-order chi connectivity index (χ1) is 16.0. The molecule has 0 unspecified atom stereocenters. The first-order valence-electron chi connectivity index (χ1n) is 12.2. The molecule has 2 aromatic rings. The Morgan fingerprint density at radius 3 is 2.74 bits per heavy atom. The molecule has 0 saturated heterocycles. The Kier molecular flexibility index (Phi) is 7.36. The number of benzene rings is 1. The number of halogens is 1. The quantitative estimate of drug-likeness (QED) is 0.499. The summed E-state index contributed by atoms with van der Waals surface area (Å²) in [7, 11) is 0. The summed E-state index contributed by atoms with van der Waals surface area (Å²) in [5.41, 5.74) is 3.46. The van der Waals surface area contributed by atoms with Crippen LogP contribution in [0.3, 0.4) is 0 Å². The third-order valence-electron chi connectivity index (χ3n) is 6.59. The van der Waals surface area contributed by atoms with Crippen molar-refractivity contribution in [3.05, 3.63) is 57.8 Å². The number of carbonyl (C=O) groups excluding carboxylic acids is 1. The summed E-state index contributed by atoms with van der Waals surface area (Å²) in [6.07, 6.45) is 4.45. The van der Waals surface area contributed by atoms with Crippen LogP contribution in [0.25, 0.3) is 0 Å². The molecular formula is C27H37BrN4O2. The number of aromatic nitrogens is 1. The van der Waals surface area contributed by atoms with Crippen LogP contribution >= 0.6 is 15.9 Å². The number of rotatable bonds is 9. The van der Waals surface area contributed by atoms with Crippen LogP contribution in [-0.4, -0.2) is 57.6 Å². The molecule has 0 atom stereocenters. The van der Waals surface area contributed by atoms with Gasteiger partial charge in [0.15, 0.2) is 0 Å². The smallest absolute Gasteiger partial charge is 0.242 e. The molecule has 0 radical (unpaired) electrons. The summed E-state index contributed by atoms with van der Waals surface area (Å²) in [6, 6.07) is 10.2. The second-order valence-corrected chi connectivity index (χ2v) is 12.0. The van der Waals surface area contributed by atoms with E-state index in [1.165, 1.54) is 30.5 Å². The standard InChI is InChI=1S/C27H37BrN4O2/c1-26(2)17-31(14-19-10-11-19)15-20-7-5-9-22(25(20)26)30-13-24(33)32(18-27(3,4)34)16-23-21(28)8-6-12-29-23/h5-9,12,19,30,34H,10-11,13-18H2,1-4H3. The fourth-order valence-electron chi connectivity index (χ4n) is 5.11. The Morgan fingerprint density at radius 2 is 2.06 bits per heavy atom. The second kappa shape index (κ2) is 9.96. The molecule has 1 saturated carbocycles. The lowest BCUT2D eigenvalue weighted by Crippen LogP contribution is -2.45. The van der Waals surface area contributed by atoms with Gasteiger partial charge in [-0.15, -0.1) is 0 Å². The number of fused-ring (bicyclic) bond motifs is 1. The molecule has 1 aromatic carbocycles. The third kappa shape index (κ3) is 6.37. The van der Waals surface area contributed by atoms with Crippen LogP contribution in [0.4, 0.5) is 5.69 Å². The van der Waals surface area contributed by atoms with Gasteiger partial charge < -0.3 is 15.3 Å². The minimum Gasteiger partial charge on any atom is -0.389 e. The topological polar surface area (TPSA) is 68.7 Å². The predicted molar refractivity (Wildman–Crippen MR) is 140 cm³/mol. The number of carbonyl (C=O) groups is 1. The molecular weight excluding hydrogens is 492 g/mol. The van der Waals surface area contributed by atoms with E-state index >= 15 is 0 Å². The molecule has 1 aliphatic carbocycles. The van der Waals surface area contributed by atoms with Gasteiger partial charge in [0.05, 0.1) is 24.4 Å². The lowest BCUT2D eigenvalue weighted by Gasteiger charge is -2.41. The molecule has 7 heteroatoms. The van der Waals surface area contributed by atoms with Crippen molar-refractivity contribution in [2.45, 2.75) is 64.6 Å². The largest absolute Gasteiger partial charge is 0.389 e. The molecule has 2 N–H and O–H groups in total. The van der Waals surface area contributed by atoms with E-state index in [1.807, 2.05) is 12.1 Å². The highest BCUT2D eigenvalue weighted by atomic mass is 79.9. The molecule has 1 aromatic heterocycles. The zero-order valence-electron chi connectivity index (χ0n) is 20.8. The number of hydrogen-bond donors (Lipinski definition) is 2. The zero-order valence-corrected chi connectivity index (χ0v) is 22.4. The van der Waals surface area contributed by atoms with E-state index in [2.05, 4.69) is 63.2 Å². The fourth-order valence-corrected chi connectivity index (χ4v) is 5.49. The van der Waals surface area contributed by atoms with Gasteiger partial charge in [0.25, 0.3) is 0 Å². The van der Waals surface area contributed by atoms with Gasteiger partial charge in [0.2, 0.25) is 5.91 Å². The maximum Gasteiger partial charge on any atom is 0.242 e. The van der Waals surface area contributed by atoms with Crippen molar-refractivity contribution in [3.63, 3.8) is 0 Å². The Hall–Kier alpha value is -1.96. The van der Waals surface area contributed by atoms with Crippen LogP contribution < -0.4 is 5.32 Å². The van der Waals surface area contributed by atoms with Crippen molar-refractivity contribution in [2.24, 2.45) is 5.92 Å². The van der Waals surface area contributed by atoms with Gasteiger partial charge in [-0.2, -0.15) is 0 Å². The highest BCUT2D eigenvalue weighted by Gasteiger charge is 2.36. The maximum absolute atomic E-state index is 13.3. The average Bonchev–Trinajstić information content (AvgIpc) is 3.55. The molecule has 0 spiro atoms. The van der Waals surface area contributed by atoms with E-state index in [1.54, 1.807) is 24.9 Å². The first-order valence-corrected chi connectivity index (χ1v) is 13.0. The second-order valence-electron chi connectivity index (χ2n) is 11.2. The van der Waals surface area contributed by atoms with E-state index in [9.17, 15) is 9.90 Å². The van der Waals surface area contributed by atoms with Crippen molar-refractivity contribution >= 4 is 27.5 Å². The van der Waals surface area contributed by atoms with E-state index < -0.39 is 5.60 Å². The minimum atomic E-state index is -1.00. The summed E-state index contributed by atoms with van der Waals surface area (Å²) >= 11 is 3.52. The molecule has 1 fully saturated rings. The normalized spacial score (nSPS) is 17.8. The maximum atomic E-state index is 13.3. The predicted octanol–water partition coefficient (Wildman–Crippen LogP) is 4.56. The molecule has 34 heavy (non-hydrogen) atoms. The molecule has 2 heterocycles. The summed E-state index contributed by atoms with van der Waals surface area (Å²) in [6.45, 7) is 12.0. The van der Waals surface area contributed by atoms with Gasteiger partial charge in [0, 0.05) is 48.0 Å². The summed E-state index contributed by atoms with van der Waals surface area (Å²) < 4.78 is 0.853. The number of nitrogens with one attached hydrogen (secondary N) is 1. The van der Waals surface area contributed by atoms with E-state index in [4.69, 9.17) is 0 Å². The lowest BCUT2D eigenvalue weighted by atomic mass is 9.77. The van der Waals surface area contributed by atoms with Crippen LogP contribution in [0, 0.1) is 5.92 Å². The molecule has 1 amide bonds. The number of anilines is 1. The first kappa shape index (κ1) is 25.1. The summed E-state index contributed by atoms with van der Waals surface area (Å²) in [4.78, 5) is 22.0. The number of amides is 1. The monoisotopic (exact) mass is 528 g/mol. The van der Waals surface area contributed by atoms with Crippen LogP contribution in [0.5, 0.6) is 0 Å². The van der Waals surface area contributed by atoms with Crippen molar-refractivity contribution < 1.29 is 9.90 Å². The number of hydrogen-bond acceptors (Lipinski definition) is 5. The van der Waals surface area contributed by atoms with E-state index in [-0.39, 0.29) is 24.4 Å². The zero-order chi connectivity index (χ0) is 24.5. The van der Waals surface area contributed by atoms with Gasteiger partial charge in [0.1, 0.15) is 0 Å². The highest BCUT2D eigenvalue weighted by molar-refractivity contribution is 9.10. The Morgan fingerprint density at radius 1 is 1.29 bits per heavy atom. The Labute approximate surface area is 211 Å². The van der Waals surface area contributed by atoms with Crippen molar-refractivity contribution in [1.82, 2.24) is 14.8 Å². The van der Waals surface area contributed by atoms with Gasteiger partial charge in [-0.05, 0) is 77.9 Å².